The van der Waals surface area contributed by atoms with Crippen molar-refractivity contribution in [2.24, 2.45) is 0 Å². The summed E-state index contributed by atoms with van der Waals surface area (Å²) in [5, 5.41) is 5.67. The van der Waals surface area contributed by atoms with E-state index in [1.807, 2.05) is 0 Å². The highest BCUT2D eigenvalue weighted by molar-refractivity contribution is 6.41. The molecule has 0 spiro atoms. The Bertz CT molecular complexity index is 1170. The Kier molecular flexibility index (Phi) is 4.69. The molecule has 0 saturated carbocycles. The summed E-state index contributed by atoms with van der Waals surface area (Å²) in [6.45, 7) is -0.602. The first-order chi connectivity index (χ1) is 14.0. The quantitative estimate of drug-likeness (QED) is 0.514. The topological polar surface area (TPSA) is 116 Å². The van der Waals surface area contributed by atoms with Gasteiger partial charge in [0.2, 0.25) is 0 Å². The Morgan fingerprint density at radius 2 is 1.72 bits per heavy atom. The lowest BCUT2D eigenvalue weighted by Crippen LogP contribution is -2.24. The lowest BCUT2D eigenvalue weighted by Gasteiger charge is -2.19. The van der Waals surface area contributed by atoms with E-state index in [9.17, 15) is 19.2 Å². The van der Waals surface area contributed by atoms with Crippen molar-refractivity contribution in [1.29, 1.82) is 0 Å². The number of hydrogen-bond donors (Lipinski definition) is 1. The monoisotopic (exact) mass is 410 g/mol. The Morgan fingerprint density at radius 3 is 2.41 bits per heavy atom. The van der Waals surface area contributed by atoms with Crippen LogP contribution in [0.4, 0.5) is 5.82 Å². The smallest absolute Gasteiger partial charge is 0.340 e. The molecule has 0 fully saturated rings. The van der Waals surface area contributed by atoms with Crippen molar-refractivity contribution in [2.75, 3.05) is 11.9 Å². The first-order valence-electron chi connectivity index (χ1n) is 8.35. The van der Waals surface area contributed by atoms with Crippen LogP contribution in [-0.2, 0) is 9.53 Å². The van der Waals surface area contributed by atoms with Crippen LogP contribution in [0, 0.1) is 0 Å². The zero-order valence-corrected chi connectivity index (χ0v) is 15.4. The van der Waals surface area contributed by atoms with E-state index in [2.05, 4.69) is 15.0 Å². The third-order valence-electron chi connectivity index (χ3n) is 4.29. The molecule has 4 rings (SSSR count). The van der Waals surface area contributed by atoms with E-state index >= 15 is 0 Å². The number of carbonyl (C=O) groups is 4. The Balaban J connectivity index is 1.57. The van der Waals surface area contributed by atoms with Crippen molar-refractivity contribution < 1.29 is 28.4 Å². The highest BCUT2D eigenvalue weighted by Crippen LogP contribution is 2.34. The number of ether oxygens (including phenoxy) is 1. The van der Waals surface area contributed by atoms with Crippen LogP contribution in [0.5, 0.6) is 0 Å². The fraction of sp³-hybridized carbons (Fsp3) is 0.0500. The van der Waals surface area contributed by atoms with Gasteiger partial charge in [-0.2, -0.15) is 0 Å². The van der Waals surface area contributed by atoms with Crippen molar-refractivity contribution >= 4 is 40.9 Å². The van der Waals surface area contributed by atoms with Crippen LogP contribution in [0.3, 0.4) is 0 Å². The molecule has 9 heteroatoms. The number of anilines is 1. The normalized spacial score (nSPS) is 12.2. The average Bonchev–Trinajstić information content (AvgIpc) is 3.23. The molecule has 1 amide bonds. The molecule has 1 aliphatic carbocycles. The number of ketones is 2. The molecule has 1 aromatic heterocycles. The molecule has 3 aromatic rings. The standard InChI is InChI=1S/C20H11ClN2O6/c21-17-13(20(27)28-9-15(24)22-14-7-8-29-23-14)6-5-12-16(17)19(26)11-4-2-1-3-10(11)18(12)25/h1-8H,9H2,(H,22,23,24). The minimum absolute atomic E-state index is 0.0585. The van der Waals surface area contributed by atoms with Gasteiger partial charge in [-0.05, 0) is 12.1 Å². The number of carbonyl (C=O) groups excluding carboxylic acids is 4. The zero-order chi connectivity index (χ0) is 20.5. The summed E-state index contributed by atoms with van der Waals surface area (Å²) >= 11 is 6.28. The maximum atomic E-state index is 12.8. The molecule has 0 radical (unpaired) electrons. The summed E-state index contributed by atoms with van der Waals surface area (Å²) in [5.74, 6) is -2.20. The van der Waals surface area contributed by atoms with Crippen LogP contribution in [0.1, 0.15) is 42.2 Å². The van der Waals surface area contributed by atoms with Gasteiger partial charge in [-0.1, -0.05) is 41.0 Å². The van der Waals surface area contributed by atoms with E-state index in [1.54, 1.807) is 18.2 Å². The van der Waals surface area contributed by atoms with Gasteiger partial charge < -0.3 is 14.6 Å². The van der Waals surface area contributed by atoms with E-state index in [0.717, 1.165) is 0 Å². The van der Waals surface area contributed by atoms with Gasteiger partial charge in [-0.15, -0.1) is 0 Å². The molecule has 8 nitrogen and oxygen atoms in total. The number of nitrogens with zero attached hydrogens (tertiary/aromatic N) is 1. The third-order valence-corrected chi connectivity index (χ3v) is 4.68. The molecule has 0 saturated heterocycles. The molecule has 0 bridgehead atoms. The number of esters is 1. The Morgan fingerprint density at radius 1 is 1.00 bits per heavy atom. The number of fused-ring (bicyclic) bond motifs is 2. The maximum absolute atomic E-state index is 12.8. The minimum atomic E-state index is -0.910. The second kappa shape index (κ2) is 7.33. The zero-order valence-electron chi connectivity index (χ0n) is 14.6. The molecule has 0 atom stereocenters. The van der Waals surface area contributed by atoms with Gasteiger partial charge in [-0.3, -0.25) is 14.4 Å². The summed E-state index contributed by atoms with van der Waals surface area (Å²) in [5.41, 5.74) is 0.418. The van der Waals surface area contributed by atoms with Gasteiger partial charge in [-0.25, -0.2) is 4.79 Å². The SMILES string of the molecule is O=C(COC(=O)c1ccc2c(c1Cl)C(=O)c1ccccc1C2=O)Nc1ccon1. The van der Waals surface area contributed by atoms with E-state index < -0.39 is 24.3 Å². The van der Waals surface area contributed by atoms with Crippen molar-refractivity contribution in [3.63, 3.8) is 0 Å². The number of benzene rings is 2. The number of rotatable bonds is 4. The first kappa shape index (κ1) is 18.6. The number of nitrogens with one attached hydrogen (secondary N) is 1. The fourth-order valence-electron chi connectivity index (χ4n) is 2.97. The molecule has 29 heavy (non-hydrogen) atoms. The molecule has 1 aliphatic rings. The highest BCUT2D eigenvalue weighted by Gasteiger charge is 2.33. The highest BCUT2D eigenvalue weighted by atomic mass is 35.5. The van der Waals surface area contributed by atoms with Crippen LogP contribution in [0.2, 0.25) is 5.02 Å². The summed E-state index contributed by atoms with van der Waals surface area (Å²) in [6.07, 6.45) is 1.27. The van der Waals surface area contributed by atoms with E-state index in [0.29, 0.717) is 0 Å². The second-order valence-corrected chi connectivity index (χ2v) is 6.44. The van der Waals surface area contributed by atoms with Gasteiger partial charge in [0, 0.05) is 22.8 Å². The van der Waals surface area contributed by atoms with E-state index in [-0.39, 0.29) is 44.4 Å². The molecule has 2 aromatic carbocycles. The molecule has 144 valence electrons. The minimum Gasteiger partial charge on any atom is -0.452 e. The van der Waals surface area contributed by atoms with Crippen LogP contribution in [0.25, 0.3) is 0 Å². The van der Waals surface area contributed by atoms with Gasteiger partial charge >= 0.3 is 5.97 Å². The molecule has 0 aliphatic heterocycles. The number of aromatic nitrogens is 1. The summed E-state index contributed by atoms with van der Waals surface area (Å²) in [4.78, 5) is 49.7. The molecule has 0 unspecified atom stereocenters. The fourth-order valence-corrected chi connectivity index (χ4v) is 3.30. The van der Waals surface area contributed by atoms with E-state index in [4.69, 9.17) is 16.3 Å². The second-order valence-electron chi connectivity index (χ2n) is 6.06. The van der Waals surface area contributed by atoms with Gasteiger partial charge in [0.1, 0.15) is 6.26 Å². The van der Waals surface area contributed by atoms with Crippen LogP contribution in [-0.4, -0.2) is 35.2 Å². The predicted octanol–water partition coefficient (Wildman–Crippen LogP) is 2.90. The van der Waals surface area contributed by atoms with Gasteiger partial charge in [0.15, 0.2) is 24.0 Å². The van der Waals surface area contributed by atoms with Crippen LogP contribution < -0.4 is 5.32 Å². The maximum Gasteiger partial charge on any atom is 0.340 e. The molecule has 1 N–H and O–H groups in total. The predicted molar refractivity (Wildman–Crippen MR) is 100 cm³/mol. The third kappa shape index (κ3) is 3.30. The Labute approximate surface area is 168 Å². The van der Waals surface area contributed by atoms with Crippen LogP contribution >= 0.6 is 11.6 Å². The summed E-state index contributed by atoms with van der Waals surface area (Å²) in [7, 11) is 0. The molecule has 1 heterocycles. The summed E-state index contributed by atoms with van der Waals surface area (Å²) < 4.78 is 9.53. The Hall–Kier alpha value is -3.78. The largest absolute Gasteiger partial charge is 0.452 e. The molecular formula is C20H11ClN2O6. The van der Waals surface area contributed by atoms with Crippen molar-refractivity contribution in [3.05, 3.63) is 81.6 Å². The lowest BCUT2D eigenvalue weighted by atomic mass is 9.83. The molecular weight excluding hydrogens is 400 g/mol. The average molecular weight is 411 g/mol. The van der Waals surface area contributed by atoms with Crippen LogP contribution in [0.15, 0.2) is 53.3 Å². The number of hydrogen-bond acceptors (Lipinski definition) is 7. The summed E-state index contributed by atoms with van der Waals surface area (Å²) in [6, 6.07) is 10.4. The van der Waals surface area contributed by atoms with Crippen molar-refractivity contribution in [3.8, 4) is 0 Å². The van der Waals surface area contributed by atoms with Crippen molar-refractivity contribution in [2.45, 2.75) is 0 Å². The van der Waals surface area contributed by atoms with Crippen molar-refractivity contribution in [1.82, 2.24) is 5.16 Å². The first-order valence-corrected chi connectivity index (χ1v) is 8.73. The number of halogens is 1. The van der Waals surface area contributed by atoms with Gasteiger partial charge in [0.05, 0.1) is 16.1 Å². The lowest BCUT2D eigenvalue weighted by molar-refractivity contribution is -0.119. The van der Waals surface area contributed by atoms with E-state index in [1.165, 1.54) is 30.5 Å². The number of amides is 1. The van der Waals surface area contributed by atoms with Gasteiger partial charge in [0.25, 0.3) is 5.91 Å².